The Morgan fingerprint density at radius 2 is 0.752 bits per heavy atom. The molecule has 0 saturated carbocycles. The summed E-state index contributed by atoms with van der Waals surface area (Å²) in [5.74, 6) is -8.57. The van der Waals surface area contributed by atoms with Gasteiger partial charge in [0.2, 0.25) is 17.7 Å². The number of amides is 3. The molecule has 46 atom stereocenters. The Labute approximate surface area is 639 Å². The maximum Gasteiger partial charge on any atom is 0.364 e. The second kappa shape index (κ2) is 39.6. The number of ether oxygens (including phenoxy) is 17. The largest absolute Gasteiger partial charge is 0.477 e. The van der Waals surface area contributed by atoms with Gasteiger partial charge in [-0.3, -0.25) is 14.4 Å². The van der Waals surface area contributed by atoms with Crippen LogP contribution in [0.4, 0.5) is 0 Å². The van der Waals surface area contributed by atoms with Gasteiger partial charge in [0.25, 0.3) is 5.79 Å². The molecule has 0 aliphatic carbocycles. The summed E-state index contributed by atoms with van der Waals surface area (Å²) in [4.78, 5) is 53.0. The van der Waals surface area contributed by atoms with Gasteiger partial charge in [0.05, 0.1) is 70.6 Å². The highest BCUT2D eigenvalue weighted by atomic mass is 16.8. The molecule has 50 nitrogen and oxygen atoms in total. The first-order chi connectivity index (χ1) is 53.2. The first-order valence-electron chi connectivity index (χ1n) is 36.0. The van der Waals surface area contributed by atoms with Crippen molar-refractivity contribution in [2.45, 2.75) is 323 Å². The molecule has 9 aliphatic rings. The van der Waals surface area contributed by atoms with E-state index in [4.69, 9.17) is 80.5 Å². The first kappa shape index (κ1) is 93.1. The van der Waals surface area contributed by atoms with E-state index < -0.39 is 358 Å². The fraction of sp³-hybridized carbons (Fsp3) is 0.937. The van der Waals surface area contributed by atoms with Crippen molar-refractivity contribution in [2.24, 2.45) is 0 Å². The lowest BCUT2D eigenvalue weighted by Crippen LogP contribution is -2.72. The molecule has 0 radical (unpaired) electrons. The minimum atomic E-state index is -3.39. The maximum atomic E-state index is 13.8. The van der Waals surface area contributed by atoms with Crippen LogP contribution in [0.15, 0.2) is 0 Å². The molecule has 50 heteroatoms. The third-order valence-corrected chi connectivity index (χ3v) is 20.8. The molecule has 0 bridgehead atoms. The van der Waals surface area contributed by atoms with Gasteiger partial charge in [-0.2, -0.15) is 0 Å². The fourth-order valence-corrected chi connectivity index (χ4v) is 14.7. The Hall–Kier alpha value is -3.80. The Bertz CT molecular complexity index is 3040. The van der Waals surface area contributed by atoms with Crippen molar-refractivity contribution in [2.75, 3.05) is 46.2 Å². The summed E-state index contributed by atoms with van der Waals surface area (Å²) < 4.78 is 102. The highest BCUT2D eigenvalue weighted by molar-refractivity contribution is 5.77. The molecule has 9 fully saturated rings. The van der Waals surface area contributed by atoms with Crippen LogP contribution in [0, 0.1) is 0 Å². The molecule has 1 unspecified atom stereocenters. The lowest BCUT2D eigenvalue weighted by molar-refractivity contribution is -0.400. The van der Waals surface area contributed by atoms with E-state index in [0.29, 0.717) is 0 Å². The Balaban J connectivity index is 1.11. The normalized spacial score (nSPS) is 49.2. The van der Waals surface area contributed by atoms with Crippen molar-refractivity contribution in [1.29, 1.82) is 0 Å². The van der Waals surface area contributed by atoms with Gasteiger partial charge in [-0.15, -0.1) is 0 Å². The van der Waals surface area contributed by atoms with Crippen LogP contribution in [0.25, 0.3) is 0 Å². The molecule has 9 rings (SSSR count). The molecule has 9 heterocycles. The molecule has 0 aromatic rings. The molecular formula is C63H105N3O47. The number of rotatable bonds is 29. The molecule has 9 saturated heterocycles. The molecule has 654 valence electrons. The van der Waals surface area contributed by atoms with E-state index in [1.807, 2.05) is 0 Å². The third-order valence-electron chi connectivity index (χ3n) is 20.8. The molecule has 29 N–H and O–H groups in total. The zero-order valence-electron chi connectivity index (χ0n) is 60.8. The number of aliphatic hydroxyl groups is 25. The van der Waals surface area contributed by atoms with E-state index in [1.165, 1.54) is 13.8 Å². The topological polar surface area (TPSA) is 787 Å². The predicted octanol–water partition coefficient (Wildman–Crippen LogP) is -18.9. The fourth-order valence-electron chi connectivity index (χ4n) is 14.7. The average molecular weight is 1660 g/mol. The van der Waals surface area contributed by atoms with Crippen molar-refractivity contribution in [3.8, 4) is 0 Å². The summed E-state index contributed by atoms with van der Waals surface area (Å²) in [5.41, 5.74) is 0. The second-order valence-corrected chi connectivity index (χ2v) is 28.8. The number of carbonyl (C=O) groups excluding carboxylic acids is 3. The molecule has 0 aromatic heterocycles. The summed E-state index contributed by atoms with van der Waals surface area (Å²) in [5, 5.41) is 295. The van der Waals surface area contributed by atoms with E-state index in [2.05, 4.69) is 16.0 Å². The van der Waals surface area contributed by atoms with Crippen molar-refractivity contribution < 1.29 is 232 Å². The Morgan fingerprint density at radius 3 is 1.22 bits per heavy atom. The lowest BCUT2D eigenvalue weighted by atomic mass is 9.88. The summed E-state index contributed by atoms with van der Waals surface area (Å²) in [7, 11) is 0. The summed E-state index contributed by atoms with van der Waals surface area (Å²) >= 11 is 0. The van der Waals surface area contributed by atoms with Gasteiger partial charge in [-0.05, 0) is 13.8 Å². The van der Waals surface area contributed by atoms with Gasteiger partial charge >= 0.3 is 5.97 Å². The van der Waals surface area contributed by atoms with E-state index >= 15 is 0 Å². The van der Waals surface area contributed by atoms with Gasteiger partial charge in [-0.1, -0.05) is 0 Å². The van der Waals surface area contributed by atoms with Crippen LogP contribution in [-0.4, -0.2) is 484 Å². The van der Waals surface area contributed by atoms with Gasteiger partial charge in [-0.25, -0.2) is 4.79 Å². The van der Waals surface area contributed by atoms with E-state index in [9.17, 15) is 152 Å². The number of carboxylic acid groups (broad SMARTS) is 1. The number of hydrogen-bond donors (Lipinski definition) is 29. The van der Waals surface area contributed by atoms with Crippen molar-refractivity contribution in [1.82, 2.24) is 16.0 Å². The van der Waals surface area contributed by atoms with E-state index in [1.54, 1.807) is 0 Å². The smallest absolute Gasteiger partial charge is 0.364 e. The third kappa shape index (κ3) is 20.1. The predicted molar refractivity (Wildman–Crippen MR) is 346 cm³/mol. The Morgan fingerprint density at radius 1 is 0.381 bits per heavy atom. The van der Waals surface area contributed by atoms with Gasteiger partial charge in [0.15, 0.2) is 50.3 Å². The van der Waals surface area contributed by atoms with E-state index in [0.717, 1.165) is 20.8 Å². The summed E-state index contributed by atoms with van der Waals surface area (Å²) in [6.45, 7) is -3.15. The minimum Gasteiger partial charge on any atom is -0.477 e. The van der Waals surface area contributed by atoms with Gasteiger partial charge < -0.3 is 229 Å². The number of aliphatic carboxylic acids is 1. The number of nitrogens with one attached hydrogen (secondary N) is 3. The molecule has 3 amide bonds. The zero-order chi connectivity index (χ0) is 83.6. The monoisotopic (exact) mass is 1660 g/mol. The van der Waals surface area contributed by atoms with Crippen molar-refractivity contribution in [3.05, 3.63) is 0 Å². The standard InChI is InChI=1S/C63H105N3O47/c1-14-30(78)36(84)41(89)57(98-14)107-48-25(12-72)104-56(29(66-18(5)75)51(48)110-61-45(93)53(34(82)22(9-69)102-61)113-63(62(95)96)6-19(76)27(64-16(3)73)49(112-63)32(80)20(77)7-67)111-52-35(83)26(105-60(44(52)92)106-46-23(10-70)100-54(94)40(88)39(46)87)13-97-55-28(65-17(4)74)50(109-58-42(90)37(85)31(79)15(2)99-58)47(24(11-71)103-55)108-59-43(91)38(86)33(81)21(8-68)101-59/h14-15,19-61,67-72,76-94H,6-13H2,1-5H3,(H,64,73)(H,65,74)(H,66,75)(H,95,96)/t14-,15-,19-,20+,21+,22+,23+,24+,25+,26+,27+,28+,29+,30+,31+,32+,33-,34-,35-,36+,37+,38-,39+,40+,41-,42-,43+,44+,45+,46+,47+,48+,49+,50+,51+,52-,53-,54?,55+,56-,57-,58-,59-,60-,61-,63-/m0/s1. The van der Waals surface area contributed by atoms with Crippen LogP contribution in [-0.2, 0) is 99.7 Å². The second-order valence-electron chi connectivity index (χ2n) is 28.8. The molecule has 0 spiro atoms. The number of hydrogen-bond acceptors (Lipinski definition) is 46. The SMILES string of the molecule is CC(=O)N[C@H]1[C@H](O[C@H]2[C@@H](O)[C@@H](CO[C@@H]3O[C@H](CO)[C@@H](O[C@@H]4O[C@H](CO)[C@H](O)[C@H](O)[C@H]4O)[C@H](O[C@@H]4O[C@@H](C)[C@@H](O)[C@@H](O)[C@@H]4O)[C@H]3NC(C)=O)O[C@@H](O[C@H]3[C@H](O)[C@@H](O)C(O)O[C@@H]3CO)[C@@H]2O)O[C@H](CO)[C@@H](O[C@@H]2O[C@@H](C)[C@@H](O)[C@@H](O)[C@@H]2O)[C@@H]1O[C@@H]1O[C@H](CO)[C@H](O)[C@H](O[C@]2(C(=O)O)C[C@H](O)[C@@H](NC(C)=O)[C@H]([C@H](O)[C@H](O)CO)O2)[C@H]1O. The summed E-state index contributed by atoms with van der Waals surface area (Å²) in [6, 6.07) is -5.94. The van der Waals surface area contributed by atoms with Crippen LogP contribution in [0.3, 0.4) is 0 Å². The van der Waals surface area contributed by atoms with Crippen molar-refractivity contribution >= 4 is 23.7 Å². The summed E-state index contributed by atoms with van der Waals surface area (Å²) in [6.07, 6.45) is -91.2. The highest BCUT2D eigenvalue weighted by Crippen LogP contribution is 2.42. The molecule has 9 aliphatic heterocycles. The first-order valence-corrected chi connectivity index (χ1v) is 36.0. The quantitative estimate of drug-likeness (QED) is 0.0331. The van der Waals surface area contributed by atoms with Crippen molar-refractivity contribution in [3.63, 3.8) is 0 Å². The van der Waals surface area contributed by atoms with Crippen LogP contribution >= 0.6 is 0 Å². The van der Waals surface area contributed by atoms with Crippen LogP contribution in [0.5, 0.6) is 0 Å². The van der Waals surface area contributed by atoms with Crippen LogP contribution < -0.4 is 16.0 Å². The van der Waals surface area contributed by atoms with Crippen LogP contribution in [0.2, 0.25) is 0 Å². The molecular weight excluding hydrogens is 1550 g/mol. The number of carbonyl (C=O) groups is 4. The van der Waals surface area contributed by atoms with Crippen LogP contribution in [0.1, 0.15) is 41.0 Å². The maximum absolute atomic E-state index is 13.8. The number of carboxylic acids is 1. The van der Waals surface area contributed by atoms with Gasteiger partial charge in [0, 0.05) is 27.2 Å². The molecule has 0 aromatic carbocycles. The number of aliphatic hydroxyl groups excluding tert-OH is 25. The minimum absolute atomic E-state index is 0.852. The lowest BCUT2D eigenvalue weighted by Gasteiger charge is -2.52. The Kier molecular flexibility index (Phi) is 32.6. The highest BCUT2D eigenvalue weighted by Gasteiger charge is 2.64. The van der Waals surface area contributed by atoms with E-state index in [-0.39, 0.29) is 0 Å². The average Bonchev–Trinajstić information content (AvgIpc) is 0.786. The van der Waals surface area contributed by atoms with Gasteiger partial charge in [0.1, 0.15) is 201 Å². The molecule has 113 heavy (non-hydrogen) atoms. The zero-order valence-corrected chi connectivity index (χ0v) is 60.8.